The van der Waals surface area contributed by atoms with Crippen LogP contribution in [0.1, 0.15) is 46.0 Å². The van der Waals surface area contributed by atoms with Crippen molar-refractivity contribution >= 4 is 29.9 Å². The van der Waals surface area contributed by atoms with Crippen LogP contribution in [0.4, 0.5) is 0 Å². The predicted molar refractivity (Wildman–Crippen MR) is 89.7 cm³/mol. The first kappa shape index (κ1) is 18.0. The van der Waals surface area contributed by atoms with Gasteiger partial charge in [0.05, 0.1) is 0 Å². The summed E-state index contributed by atoms with van der Waals surface area (Å²) in [5.74, 6) is 0.600. The Bertz CT molecular complexity index is 233. The molecule has 108 valence electrons. The molecule has 0 spiro atoms. The van der Waals surface area contributed by atoms with Crippen molar-refractivity contribution in [3.05, 3.63) is 0 Å². The number of hydrogen-bond acceptors (Lipinski definition) is 2. The van der Waals surface area contributed by atoms with E-state index in [1.807, 2.05) is 0 Å². The zero-order valence-corrected chi connectivity index (χ0v) is 14.2. The van der Waals surface area contributed by atoms with Crippen molar-refractivity contribution in [3.8, 4) is 0 Å². The average Bonchev–Trinajstić information content (AvgIpc) is 2.32. The van der Waals surface area contributed by atoms with Gasteiger partial charge < -0.3 is 11.1 Å². The van der Waals surface area contributed by atoms with Crippen LogP contribution in [0.15, 0.2) is 4.99 Å². The first-order valence-electron chi connectivity index (χ1n) is 7.02. The molecule has 1 heterocycles. The molecule has 1 aliphatic rings. The number of unbranched alkanes of at least 4 members (excludes halogenated alkanes) is 1. The topological polar surface area (TPSA) is 53.6 Å². The highest BCUT2D eigenvalue weighted by atomic mass is 127. The van der Waals surface area contributed by atoms with Gasteiger partial charge in [-0.1, -0.05) is 19.8 Å². The molecular weight excluding hydrogens is 339 g/mol. The van der Waals surface area contributed by atoms with E-state index in [0.717, 1.165) is 32.1 Å². The molecule has 0 aromatic rings. The Kier molecular flexibility index (Phi) is 10.8. The van der Waals surface area contributed by atoms with Gasteiger partial charge in [-0.25, -0.2) is 0 Å². The zero-order valence-electron chi connectivity index (χ0n) is 11.8. The molecule has 0 aliphatic carbocycles. The lowest BCUT2D eigenvalue weighted by atomic mass is 10.0. The maximum Gasteiger partial charge on any atom is 0.188 e. The molecule has 0 aromatic carbocycles. The molecule has 0 bridgehead atoms. The van der Waals surface area contributed by atoms with E-state index in [4.69, 9.17) is 5.73 Å². The van der Waals surface area contributed by atoms with E-state index in [9.17, 15) is 0 Å². The maximum atomic E-state index is 5.79. The average molecular weight is 368 g/mol. The normalized spacial score (nSPS) is 21.4. The van der Waals surface area contributed by atoms with Gasteiger partial charge in [0, 0.05) is 25.7 Å². The highest BCUT2D eigenvalue weighted by Gasteiger charge is 2.16. The lowest BCUT2D eigenvalue weighted by Crippen LogP contribution is -2.43. The molecule has 0 saturated carbocycles. The third-order valence-electron chi connectivity index (χ3n) is 3.44. The summed E-state index contributed by atoms with van der Waals surface area (Å²) in [6.45, 7) is 8.54. The summed E-state index contributed by atoms with van der Waals surface area (Å²) in [6.07, 6.45) is 6.34. The first-order valence-corrected chi connectivity index (χ1v) is 7.02. The Morgan fingerprint density at radius 3 is 2.89 bits per heavy atom. The van der Waals surface area contributed by atoms with Crippen molar-refractivity contribution in [2.75, 3.05) is 26.2 Å². The molecule has 1 saturated heterocycles. The van der Waals surface area contributed by atoms with Crippen molar-refractivity contribution in [2.24, 2.45) is 10.7 Å². The molecule has 1 rings (SSSR count). The summed E-state index contributed by atoms with van der Waals surface area (Å²) in [7, 11) is 0. The van der Waals surface area contributed by atoms with E-state index in [1.54, 1.807) is 0 Å². The molecule has 1 unspecified atom stereocenters. The molecule has 0 aromatic heterocycles. The molecule has 0 radical (unpaired) electrons. The molecule has 1 fully saturated rings. The maximum absolute atomic E-state index is 5.79. The molecule has 1 aliphatic heterocycles. The van der Waals surface area contributed by atoms with E-state index in [1.165, 1.54) is 32.2 Å². The first-order chi connectivity index (χ1) is 8.24. The number of nitrogens with one attached hydrogen (secondary N) is 1. The second kappa shape index (κ2) is 10.8. The minimum atomic E-state index is 0. The van der Waals surface area contributed by atoms with Crippen LogP contribution in [0.2, 0.25) is 0 Å². The van der Waals surface area contributed by atoms with Crippen molar-refractivity contribution in [1.29, 1.82) is 0 Å². The van der Waals surface area contributed by atoms with Crippen LogP contribution in [0.25, 0.3) is 0 Å². The molecule has 0 amide bonds. The number of halogens is 1. The second-order valence-electron chi connectivity index (χ2n) is 4.93. The minimum absolute atomic E-state index is 0. The van der Waals surface area contributed by atoms with Crippen molar-refractivity contribution in [3.63, 3.8) is 0 Å². The largest absolute Gasteiger partial charge is 0.370 e. The van der Waals surface area contributed by atoms with E-state index in [0.29, 0.717) is 5.96 Å². The van der Waals surface area contributed by atoms with Crippen LogP contribution in [-0.4, -0.2) is 43.1 Å². The number of guanidine groups is 1. The lowest BCUT2D eigenvalue weighted by Gasteiger charge is -2.33. The molecule has 4 nitrogen and oxygen atoms in total. The molecule has 5 heteroatoms. The lowest BCUT2D eigenvalue weighted by molar-refractivity contribution is 0.164. The SMILES string of the molecule is CCCCN=C(N)NCCN1CCCCC1C.I. The summed E-state index contributed by atoms with van der Waals surface area (Å²) in [5.41, 5.74) is 5.79. The Balaban J connectivity index is 0.00000289. The Hall–Kier alpha value is -0.0400. The van der Waals surface area contributed by atoms with Gasteiger partial charge in [-0.15, -0.1) is 24.0 Å². The Morgan fingerprint density at radius 2 is 2.22 bits per heavy atom. The number of nitrogens with two attached hydrogens (primary N) is 1. The standard InChI is InChI=1S/C13H28N4.HI/c1-3-4-8-15-13(14)16-9-11-17-10-6-5-7-12(17)2;/h12H,3-11H2,1-2H3,(H3,14,15,16);1H. The number of nitrogens with zero attached hydrogens (tertiary/aromatic N) is 2. The summed E-state index contributed by atoms with van der Waals surface area (Å²) >= 11 is 0. The van der Waals surface area contributed by atoms with Crippen LogP contribution in [0.5, 0.6) is 0 Å². The smallest absolute Gasteiger partial charge is 0.188 e. The highest BCUT2D eigenvalue weighted by molar-refractivity contribution is 14.0. The summed E-state index contributed by atoms with van der Waals surface area (Å²) < 4.78 is 0. The fourth-order valence-corrected chi connectivity index (χ4v) is 2.23. The van der Waals surface area contributed by atoms with Crippen LogP contribution in [-0.2, 0) is 0 Å². The number of likely N-dealkylation sites (tertiary alicyclic amines) is 1. The number of hydrogen-bond donors (Lipinski definition) is 2. The monoisotopic (exact) mass is 368 g/mol. The van der Waals surface area contributed by atoms with Gasteiger partial charge >= 0.3 is 0 Å². The Morgan fingerprint density at radius 1 is 1.44 bits per heavy atom. The van der Waals surface area contributed by atoms with Crippen LogP contribution >= 0.6 is 24.0 Å². The van der Waals surface area contributed by atoms with Crippen LogP contribution in [0, 0.1) is 0 Å². The summed E-state index contributed by atoms with van der Waals surface area (Å²) in [5, 5.41) is 3.20. The third-order valence-corrected chi connectivity index (χ3v) is 3.44. The molecule has 18 heavy (non-hydrogen) atoms. The van der Waals surface area contributed by atoms with Crippen molar-refractivity contribution in [1.82, 2.24) is 10.2 Å². The molecule has 1 atom stereocenters. The van der Waals surface area contributed by atoms with Gasteiger partial charge in [0.1, 0.15) is 0 Å². The predicted octanol–water partition coefficient (Wildman–Crippen LogP) is 2.18. The fourth-order valence-electron chi connectivity index (χ4n) is 2.23. The summed E-state index contributed by atoms with van der Waals surface area (Å²) in [6, 6.07) is 0.726. The number of piperidine rings is 1. The van der Waals surface area contributed by atoms with E-state index in [2.05, 4.69) is 29.1 Å². The van der Waals surface area contributed by atoms with Gasteiger partial charge in [-0.2, -0.15) is 0 Å². The Labute approximate surface area is 129 Å². The van der Waals surface area contributed by atoms with Gasteiger partial charge in [0.15, 0.2) is 5.96 Å². The summed E-state index contributed by atoms with van der Waals surface area (Å²) in [4.78, 5) is 6.82. The van der Waals surface area contributed by atoms with Gasteiger partial charge in [-0.3, -0.25) is 9.89 Å². The minimum Gasteiger partial charge on any atom is -0.370 e. The quantitative estimate of drug-likeness (QED) is 0.327. The zero-order chi connectivity index (χ0) is 12.5. The van der Waals surface area contributed by atoms with Gasteiger partial charge in [-0.05, 0) is 32.7 Å². The van der Waals surface area contributed by atoms with Crippen LogP contribution in [0.3, 0.4) is 0 Å². The molecule has 3 N–H and O–H groups in total. The highest BCUT2D eigenvalue weighted by Crippen LogP contribution is 2.15. The van der Waals surface area contributed by atoms with Gasteiger partial charge in [0.2, 0.25) is 0 Å². The van der Waals surface area contributed by atoms with Crippen molar-refractivity contribution < 1.29 is 0 Å². The van der Waals surface area contributed by atoms with E-state index >= 15 is 0 Å². The number of aliphatic imine (C=N–C) groups is 1. The van der Waals surface area contributed by atoms with Crippen LogP contribution < -0.4 is 11.1 Å². The van der Waals surface area contributed by atoms with E-state index < -0.39 is 0 Å². The number of rotatable bonds is 6. The fraction of sp³-hybridized carbons (Fsp3) is 0.923. The van der Waals surface area contributed by atoms with Gasteiger partial charge in [0.25, 0.3) is 0 Å². The van der Waals surface area contributed by atoms with E-state index in [-0.39, 0.29) is 24.0 Å². The van der Waals surface area contributed by atoms with Crippen molar-refractivity contribution in [2.45, 2.75) is 52.0 Å². The second-order valence-corrected chi connectivity index (χ2v) is 4.93. The third kappa shape index (κ3) is 7.41. The molecular formula is C13H29IN4.